The van der Waals surface area contributed by atoms with Crippen molar-refractivity contribution >= 4 is 11.8 Å². The molecule has 0 aromatic heterocycles. The number of rotatable bonds is 6. The van der Waals surface area contributed by atoms with Gasteiger partial charge in [0.25, 0.3) is 0 Å². The zero-order valence-corrected chi connectivity index (χ0v) is 12.6. The van der Waals surface area contributed by atoms with E-state index in [2.05, 4.69) is 0 Å². The summed E-state index contributed by atoms with van der Waals surface area (Å²) >= 11 is 0. The van der Waals surface area contributed by atoms with Crippen LogP contribution in [0.25, 0.3) is 0 Å². The van der Waals surface area contributed by atoms with Gasteiger partial charge in [-0.05, 0) is 37.3 Å². The maximum absolute atomic E-state index is 11.7. The molecule has 0 aliphatic rings. The van der Waals surface area contributed by atoms with Gasteiger partial charge in [-0.2, -0.15) is 5.26 Å². The number of hydrogen-bond acceptors (Lipinski definition) is 5. The molecule has 2 rings (SSSR count). The van der Waals surface area contributed by atoms with Crippen LogP contribution in [0.5, 0.6) is 5.75 Å². The third kappa shape index (κ3) is 4.68. The number of Topliss-reactive ketones (excluding diaryl/α,β-unsaturated/α-hetero) is 1. The SMILES string of the molecule is CC(=O)c1ccc(OCC(=O)OCc2ccccc2C#N)cc1. The second-order valence-electron chi connectivity index (χ2n) is 4.80. The summed E-state index contributed by atoms with van der Waals surface area (Å²) in [7, 11) is 0. The quantitative estimate of drug-likeness (QED) is 0.606. The fourth-order valence-corrected chi connectivity index (χ4v) is 1.88. The van der Waals surface area contributed by atoms with Gasteiger partial charge in [0, 0.05) is 11.1 Å². The zero-order valence-electron chi connectivity index (χ0n) is 12.6. The molecule has 0 bridgehead atoms. The topological polar surface area (TPSA) is 76.4 Å². The largest absolute Gasteiger partial charge is 0.482 e. The minimum absolute atomic E-state index is 0.0230. The van der Waals surface area contributed by atoms with Crippen molar-refractivity contribution in [2.45, 2.75) is 13.5 Å². The predicted octanol–water partition coefficient (Wildman–Crippen LogP) is 2.88. The first-order valence-corrected chi connectivity index (χ1v) is 6.97. The summed E-state index contributed by atoms with van der Waals surface area (Å²) in [6.07, 6.45) is 0. The van der Waals surface area contributed by atoms with Crippen LogP contribution in [0.2, 0.25) is 0 Å². The first kappa shape index (κ1) is 16.2. The van der Waals surface area contributed by atoms with E-state index < -0.39 is 5.97 Å². The van der Waals surface area contributed by atoms with Gasteiger partial charge in [-0.25, -0.2) is 4.79 Å². The smallest absolute Gasteiger partial charge is 0.344 e. The van der Waals surface area contributed by atoms with Gasteiger partial charge in [0.2, 0.25) is 0 Å². The molecule has 23 heavy (non-hydrogen) atoms. The molecule has 2 aromatic carbocycles. The van der Waals surface area contributed by atoms with Crippen LogP contribution >= 0.6 is 0 Å². The van der Waals surface area contributed by atoms with Crippen molar-refractivity contribution in [2.24, 2.45) is 0 Å². The van der Waals surface area contributed by atoms with Gasteiger partial charge in [0.15, 0.2) is 12.4 Å². The number of carbonyl (C=O) groups excluding carboxylic acids is 2. The monoisotopic (exact) mass is 309 g/mol. The van der Waals surface area contributed by atoms with Crippen molar-refractivity contribution in [1.29, 1.82) is 5.26 Å². The Morgan fingerprint density at radius 2 is 1.78 bits per heavy atom. The van der Waals surface area contributed by atoms with Crippen molar-refractivity contribution in [3.05, 3.63) is 65.2 Å². The lowest BCUT2D eigenvalue weighted by atomic mass is 10.1. The number of hydrogen-bond donors (Lipinski definition) is 0. The van der Waals surface area contributed by atoms with Crippen LogP contribution < -0.4 is 4.74 Å². The van der Waals surface area contributed by atoms with Crippen molar-refractivity contribution in [2.75, 3.05) is 6.61 Å². The second kappa shape index (κ2) is 7.76. The molecular formula is C18H15NO4. The summed E-state index contributed by atoms with van der Waals surface area (Å²) in [4.78, 5) is 22.8. The molecule has 5 heteroatoms. The first-order valence-electron chi connectivity index (χ1n) is 6.97. The van der Waals surface area contributed by atoms with Gasteiger partial charge in [-0.15, -0.1) is 0 Å². The fraction of sp³-hybridized carbons (Fsp3) is 0.167. The second-order valence-corrected chi connectivity index (χ2v) is 4.80. The Hall–Kier alpha value is -3.13. The number of benzene rings is 2. The molecule has 2 aromatic rings. The Morgan fingerprint density at radius 1 is 1.09 bits per heavy atom. The van der Waals surface area contributed by atoms with E-state index in [9.17, 15) is 9.59 Å². The Bertz CT molecular complexity index is 744. The van der Waals surface area contributed by atoms with Crippen LogP contribution in [0.4, 0.5) is 0 Å². The Labute approximate surface area is 134 Å². The van der Waals surface area contributed by atoms with Gasteiger partial charge < -0.3 is 9.47 Å². The van der Waals surface area contributed by atoms with Gasteiger partial charge in [0.05, 0.1) is 11.6 Å². The maximum Gasteiger partial charge on any atom is 0.344 e. The highest BCUT2D eigenvalue weighted by molar-refractivity contribution is 5.94. The highest BCUT2D eigenvalue weighted by Crippen LogP contribution is 2.13. The molecule has 0 fully saturated rings. The van der Waals surface area contributed by atoms with Gasteiger partial charge in [-0.1, -0.05) is 18.2 Å². The minimum Gasteiger partial charge on any atom is -0.482 e. The Balaban J connectivity index is 1.83. The molecular weight excluding hydrogens is 294 g/mol. The summed E-state index contributed by atoms with van der Waals surface area (Å²) in [5.41, 5.74) is 1.70. The number of esters is 1. The van der Waals surface area contributed by atoms with Gasteiger partial charge in [0.1, 0.15) is 12.4 Å². The minimum atomic E-state index is -0.534. The highest BCUT2D eigenvalue weighted by atomic mass is 16.6. The van der Waals surface area contributed by atoms with Gasteiger partial charge >= 0.3 is 5.97 Å². The standard InChI is InChI=1S/C18H15NO4/c1-13(20)14-6-8-17(9-7-14)22-12-18(21)23-11-16-5-3-2-4-15(16)10-19/h2-9H,11-12H2,1H3. The van der Waals surface area contributed by atoms with E-state index in [0.29, 0.717) is 22.4 Å². The summed E-state index contributed by atoms with van der Waals surface area (Å²) < 4.78 is 10.4. The van der Waals surface area contributed by atoms with E-state index in [1.54, 1.807) is 48.5 Å². The maximum atomic E-state index is 11.7. The molecule has 0 atom stereocenters. The molecule has 0 aliphatic heterocycles. The number of ether oxygens (including phenoxy) is 2. The molecule has 0 saturated carbocycles. The fourth-order valence-electron chi connectivity index (χ4n) is 1.88. The van der Waals surface area contributed by atoms with Gasteiger partial charge in [-0.3, -0.25) is 4.79 Å². The van der Waals surface area contributed by atoms with E-state index in [1.165, 1.54) is 6.92 Å². The lowest BCUT2D eigenvalue weighted by Crippen LogP contribution is -2.15. The number of nitriles is 1. The van der Waals surface area contributed by atoms with E-state index in [-0.39, 0.29) is 19.0 Å². The molecule has 0 amide bonds. The summed E-state index contributed by atoms with van der Waals surface area (Å²) in [6, 6.07) is 15.5. The normalized spacial score (nSPS) is 9.74. The van der Waals surface area contributed by atoms with Crippen LogP contribution in [-0.4, -0.2) is 18.4 Å². The van der Waals surface area contributed by atoms with Crippen LogP contribution in [-0.2, 0) is 16.1 Å². The molecule has 0 unspecified atom stereocenters. The number of carbonyl (C=O) groups is 2. The lowest BCUT2D eigenvalue weighted by molar-refractivity contribution is -0.147. The Kier molecular flexibility index (Phi) is 5.48. The van der Waals surface area contributed by atoms with Crippen LogP contribution in [0.3, 0.4) is 0 Å². The van der Waals surface area contributed by atoms with Crippen molar-refractivity contribution in [3.63, 3.8) is 0 Å². The third-order valence-electron chi connectivity index (χ3n) is 3.14. The van der Waals surface area contributed by atoms with E-state index in [4.69, 9.17) is 14.7 Å². The lowest BCUT2D eigenvalue weighted by Gasteiger charge is -2.08. The zero-order chi connectivity index (χ0) is 16.7. The Morgan fingerprint density at radius 3 is 2.43 bits per heavy atom. The first-order chi connectivity index (χ1) is 11.1. The third-order valence-corrected chi connectivity index (χ3v) is 3.14. The molecule has 0 spiro atoms. The number of nitrogens with zero attached hydrogens (tertiary/aromatic N) is 1. The molecule has 0 radical (unpaired) electrons. The highest BCUT2D eigenvalue weighted by Gasteiger charge is 2.08. The van der Waals surface area contributed by atoms with Crippen molar-refractivity contribution in [1.82, 2.24) is 0 Å². The van der Waals surface area contributed by atoms with E-state index >= 15 is 0 Å². The predicted molar refractivity (Wildman–Crippen MR) is 82.9 cm³/mol. The number of ketones is 1. The van der Waals surface area contributed by atoms with Crippen molar-refractivity contribution < 1.29 is 19.1 Å². The van der Waals surface area contributed by atoms with E-state index in [1.807, 2.05) is 6.07 Å². The molecule has 0 saturated heterocycles. The molecule has 116 valence electrons. The van der Waals surface area contributed by atoms with E-state index in [0.717, 1.165) is 0 Å². The molecule has 0 aliphatic carbocycles. The molecule has 5 nitrogen and oxygen atoms in total. The summed E-state index contributed by atoms with van der Waals surface area (Å²) in [6.45, 7) is 1.26. The average Bonchev–Trinajstić information content (AvgIpc) is 2.58. The molecule has 0 heterocycles. The van der Waals surface area contributed by atoms with Crippen LogP contribution in [0.15, 0.2) is 48.5 Å². The summed E-state index contributed by atoms with van der Waals surface area (Å²) in [5.74, 6) is -0.0927. The molecule has 0 N–H and O–H groups in total. The summed E-state index contributed by atoms with van der Waals surface area (Å²) in [5, 5.41) is 8.96. The van der Waals surface area contributed by atoms with Crippen molar-refractivity contribution in [3.8, 4) is 11.8 Å². The average molecular weight is 309 g/mol. The van der Waals surface area contributed by atoms with Crippen LogP contribution in [0.1, 0.15) is 28.4 Å². The van der Waals surface area contributed by atoms with Crippen LogP contribution in [0, 0.1) is 11.3 Å².